The van der Waals surface area contributed by atoms with Crippen molar-refractivity contribution in [1.82, 2.24) is 9.88 Å². The third-order valence-corrected chi connectivity index (χ3v) is 3.52. The third-order valence-electron chi connectivity index (χ3n) is 2.71. The van der Waals surface area contributed by atoms with Gasteiger partial charge in [0.05, 0.1) is 18.3 Å². The predicted molar refractivity (Wildman–Crippen MR) is 67.8 cm³/mol. The fourth-order valence-electron chi connectivity index (χ4n) is 2.25. The number of nitrogens with zero attached hydrogens (tertiary/aromatic N) is 2. The van der Waals surface area contributed by atoms with Gasteiger partial charge in [-0.1, -0.05) is 0 Å². The first-order chi connectivity index (χ1) is 7.98. The van der Waals surface area contributed by atoms with Gasteiger partial charge >= 0.3 is 0 Å². The van der Waals surface area contributed by atoms with E-state index < -0.39 is 0 Å². The van der Waals surface area contributed by atoms with Crippen LogP contribution in [0.5, 0.6) is 0 Å². The molecule has 1 aliphatic heterocycles. The Morgan fingerprint density at radius 1 is 1.71 bits per heavy atom. The van der Waals surface area contributed by atoms with Gasteiger partial charge in [-0.05, 0) is 13.8 Å². The van der Waals surface area contributed by atoms with Crippen molar-refractivity contribution in [2.24, 2.45) is 0 Å². The Balaban J connectivity index is 2.00. The summed E-state index contributed by atoms with van der Waals surface area (Å²) in [6.07, 6.45) is 1.71. The first-order valence-corrected chi connectivity index (χ1v) is 6.51. The van der Waals surface area contributed by atoms with Gasteiger partial charge in [-0.15, -0.1) is 11.3 Å². The molecule has 5 nitrogen and oxygen atoms in total. The highest BCUT2D eigenvalue weighted by Gasteiger charge is 2.33. The second-order valence-electron chi connectivity index (χ2n) is 5.02. The predicted octanol–water partition coefficient (Wildman–Crippen LogP) is 0.697. The molecule has 2 heterocycles. The molecule has 2 rings (SSSR count). The standard InChI is InChI=1S/C11H19N3O2S/c1-11(2)7-14(4-8(6-15)16-11)5-9-3-13-10(12)17-9/h3,8,15H,4-7H2,1-2H3,(H2,12,13). The summed E-state index contributed by atoms with van der Waals surface area (Å²) in [6, 6.07) is 0. The first kappa shape index (κ1) is 12.8. The Kier molecular flexibility index (Phi) is 3.67. The van der Waals surface area contributed by atoms with Crippen LogP contribution >= 0.6 is 11.3 Å². The van der Waals surface area contributed by atoms with E-state index in [4.69, 9.17) is 10.5 Å². The molecule has 1 aromatic rings. The van der Waals surface area contributed by atoms with Gasteiger partial charge in [0.25, 0.3) is 0 Å². The summed E-state index contributed by atoms with van der Waals surface area (Å²) in [5, 5.41) is 9.83. The second-order valence-corrected chi connectivity index (χ2v) is 6.16. The van der Waals surface area contributed by atoms with Crippen molar-refractivity contribution in [3.63, 3.8) is 0 Å². The van der Waals surface area contributed by atoms with Gasteiger partial charge in [0.2, 0.25) is 0 Å². The lowest BCUT2D eigenvalue weighted by atomic mass is 10.1. The highest BCUT2D eigenvalue weighted by molar-refractivity contribution is 7.15. The molecular formula is C11H19N3O2S. The molecule has 1 aromatic heterocycles. The lowest BCUT2D eigenvalue weighted by Gasteiger charge is -2.42. The molecule has 1 atom stereocenters. The highest BCUT2D eigenvalue weighted by Crippen LogP contribution is 2.24. The van der Waals surface area contributed by atoms with Crippen LogP contribution in [0.1, 0.15) is 18.7 Å². The summed E-state index contributed by atoms with van der Waals surface area (Å²) in [5.74, 6) is 0. The minimum Gasteiger partial charge on any atom is -0.394 e. The number of nitrogen functional groups attached to an aromatic ring is 1. The number of hydrogen-bond donors (Lipinski definition) is 2. The van der Waals surface area contributed by atoms with Gasteiger partial charge in [0.15, 0.2) is 5.13 Å². The van der Waals surface area contributed by atoms with E-state index in [9.17, 15) is 5.11 Å². The molecule has 0 spiro atoms. The van der Waals surface area contributed by atoms with E-state index in [1.165, 1.54) is 11.3 Å². The van der Waals surface area contributed by atoms with Crippen LogP contribution in [-0.2, 0) is 11.3 Å². The Labute approximate surface area is 105 Å². The largest absolute Gasteiger partial charge is 0.394 e. The molecular weight excluding hydrogens is 238 g/mol. The maximum atomic E-state index is 9.23. The lowest BCUT2D eigenvalue weighted by Crippen LogP contribution is -2.53. The molecule has 1 fully saturated rings. The second kappa shape index (κ2) is 4.89. The van der Waals surface area contributed by atoms with Gasteiger partial charge in [-0.2, -0.15) is 0 Å². The summed E-state index contributed by atoms with van der Waals surface area (Å²) in [6.45, 7) is 6.56. The highest BCUT2D eigenvalue weighted by atomic mass is 32.1. The summed E-state index contributed by atoms with van der Waals surface area (Å²) < 4.78 is 5.77. The van der Waals surface area contributed by atoms with Gasteiger partial charge in [0.1, 0.15) is 0 Å². The Morgan fingerprint density at radius 2 is 2.47 bits per heavy atom. The maximum absolute atomic E-state index is 9.23. The SMILES string of the molecule is CC1(C)CN(Cc2cnc(N)s2)CC(CO)O1. The van der Waals surface area contributed by atoms with E-state index in [2.05, 4.69) is 9.88 Å². The number of rotatable bonds is 3. The fourth-order valence-corrected chi connectivity index (χ4v) is 2.97. The van der Waals surface area contributed by atoms with Gasteiger partial charge in [-0.25, -0.2) is 4.98 Å². The molecule has 1 aliphatic rings. The topological polar surface area (TPSA) is 71.6 Å². The number of hydrogen-bond acceptors (Lipinski definition) is 6. The molecule has 0 radical (unpaired) electrons. The maximum Gasteiger partial charge on any atom is 0.180 e. The zero-order valence-corrected chi connectivity index (χ0v) is 11.0. The van der Waals surface area contributed by atoms with Gasteiger partial charge < -0.3 is 15.6 Å². The number of anilines is 1. The molecule has 3 N–H and O–H groups in total. The molecule has 0 saturated carbocycles. The first-order valence-electron chi connectivity index (χ1n) is 5.70. The van der Waals surface area contributed by atoms with Crippen molar-refractivity contribution in [3.05, 3.63) is 11.1 Å². The Bertz CT molecular complexity index is 381. The summed E-state index contributed by atoms with van der Waals surface area (Å²) in [4.78, 5) is 7.47. The Hall–Kier alpha value is -0.690. The van der Waals surface area contributed by atoms with Crippen molar-refractivity contribution < 1.29 is 9.84 Å². The molecule has 0 aliphatic carbocycles. The smallest absolute Gasteiger partial charge is 0.180 e. The zero-order valence-electron chi connectivity index (χ0n) is 10.2. The van der Waals surface area contributed by atoms with Gasteiger partial charge in [-0.3, -0.25) is 4.90 Å². The number of morpholine rings is 1. The normalized spacial score (nSPS) is 25.0. The third kappa shape index (κ3) is 3.38. The minimum atomic E-state index is -0.220. The Morgan fingerprint density at radius 3 is 3.06 bits per heavy atom. The summed E-state index contributed by atoms with van der Waals surface area (Å²) in [7, 11) is 0. The van der Waals surface area contributed by atoms with Crippen LogP contribution in [0.3, 0.4) is 0 Å². The molecule has 96 valence electrons. The minimum absolute atomic E-state index is 0.0603. The van der Waals surface area contributed by atoms with Crippen LogP contribution in [-0.4, -0.2) is 46.4 Å². The van der Waals surface area contributed by atoms with Crippen LogP contribution in [0.2, 0.25) is 0 Å². The number of aromatic nitrogens is 1. The van der Waals surface area contributed by atoms with Crippen LogP contribution in [0.15, 0.2) is 6.20 Å². The number of ether oxygens (including phenoxy) is 1. The summed E-state index contributed by atoms with van der Waals surface area (Å²) >= 11 is 1.51. The van der Waals surface area contributed by atoms with E-state index in [0.29, 0.717) is 5.13 Å². The average molecular weight is 257 g/mol. The van der Waals surface area contributed by atoms with E-state index >= 15 is 0 Å². The van der Waals surface area contributed by atoms with E-state index in [0.717, 1.165) is 24.5 Å². The summed E-state index contributed by atoms with van der Waals surface area (Å²) in [5.41, 5.74) is 5.39. The van der Waals surface area contributed by atoms with E-state index in [1.807, 2.05) is 20.0 Å². The lowest BCUT2D eigenvalue weighted by molar-refractivity contribution is -0.150. The van der Waals surface area contributed by atoms with Crippen LogP contribution in [0.25, 0.3) is 0 Å². The number of aliphatic hydroxyl groups is 1. The van der Waals surface area contributed by atoms with Crippen LogP contribution in [0.4, 0.5) is 5.13 Å². The van der Waals surface area contributed by atoms with Crippen LogP contribution in [0, 0.1) is 0 Å². The fraction of sp³-hybridized carbons (Fsp3) is 0.727. The van der Waals surface area contributed by atoms with E-state index in [-0.39, 0.29) is 18.3 Å². The van der Waals surface area contributed by atoms with E-state index in [1.54, 1.807) is 0 Å². The van der Waals surface area contributed by atoms with Crippen molar-refractivity contribution in [1.29, 1.82) is 0 Å². The van der Waals surface area contributed by atoms with Crippen molar-refractivity contribution in [2.75, 3.05) is 25.4 Å². The molecule has 0 bridgehead atoms. The quantitative estimate of drug-likeness (QED) is 0.834. The van der Waals surface area contributed by atoms with Gasteiger partial charge in [0, 0.05) is 30.7 Å². The molecule has 1 unspecified atom stereocenters. The molecule has 0 amide bonds. The number of aliphatic hydroxyl groups excluding tert-OH is 1. The molecule has 6 heteroatoms. The van der Waals surface area contributed by atoms with Crippen LogP contribution < -0.4 is 5.73 Å². The molecule has 1 saturated heterocycles. The van der Waals surface area contributed by atoms with Crippen molar-refractivity contribution in [2.45, 2.75) is 32.1 Å². The van der Waals surface area contributed by atoms with Crippen molar-refractivity contribution in [3.8, 4) is 0 Å². The average Bonchev–Trinajstić information content (AvgIpc) is 2.61. The number of nitrogens with two attached hydrogens (primary N) is 1. The molecule has 0 aromatic carbocycles. The monoisotopic (exact) mass is 257 g/mol. The number of thiazole rings is 1. The van der Waals surface area contributed by atoms with Crippen molar-refractivity contribution >= 4 is 16.5 Å². The zero-order chi connectivity index (χ0) is 12.5. The molecule has 17 heavy (non-hydrogen) atoms.